The van der Waals surface area contributed by atoms with Gasteiger partial charge in [-0.3, -0.25) is 0 Å². The lowest BCUT2D eigenvalue weighted by Gasteiger charge is -2.23. The zero-order valence-corrected chi connectivity index (χ0v) is 11.1. The van der Waals surface area contributed by atoms with Gasteiger partial charge in [-0.25, -0.2) is 0 Å². The maximum atomic E-state index is 10.2. The predicted octanol–water partition coefficient (Wildman–Crippen LogP) is 2.90. The van der Waals surface area contributed by atoms with E-state index in [-0.39, 0.29) is 0 Å². The number of hydrogen-bond acceptors (Lipinski definition) is 2. The number of rotatable bonds is 5. The van der Waals surface area contributed by atoms with E-state index in [1.165, 1.54) is 0 Å². The number of nitrogens with one attached hydrogen (secondary N) is 1. The van der Waals surface area contributed by atoms with Crippen molar-refractivity contribution in [1.82, 2.24) is 5.32 Å². The summed E-state index contributed by atoms with van der Waals surface area (Å²) in [4.78, 5) is 0. The number of halogens is 2. The van der Waals surface area contributed by atoms with Crippen molar-refractivity contribution >= 4 is 23.2 Å². The van der Waals surface area contributed by atoms with E-state index in [1.54, 1.807) is 18.2 Å². The van der Waals surface area contributed by atoms with Crippen LogP contribution in [0.25, 0.3) is 0 Å². The predicted molar refractivity (Wildman–Crippen MR) is 69.3 cm³/mol. The van der Waals surface area contributed by atoms with Gasteiger partial charge in [0.2, 0.25) is 0 Å². The molecule has 0 heterocycles. The van der Waals surface area contributed by atoms with Gasteiger partial charge in [-0.05, 0) is 50.7 Å². The van der Waals surface area contributed by atoms with E-state index in [9.17, 15) is 5.11 Å². The lowest BCUT2D eigenvalue weighted by atomic mass is 9.93. The minimum atomic E-state index is -0.767. The monoisotopic (exact) mass is 261 g/mol. The van der Waals surface area contributed by atoms with E-state index in [1.807, 2.05) is 14.0 Å². The molecule has 0 saturated carbocycles. The van der Waals surface area contributed by atoms with Crippen molar-refractivity contribution in [2.45, 2.75) is 25.4 Å². The van der Waals surface area contributed by atoms with Crippen LogP contribution < -0.4 is 5.32 Å². The quantitative estimate of drug-likeness (QED) is 0.855. The van der Waals surface area contributed by atoms with Gasteiger partial charge in [0.15, 0.2) is 0 Å². The van der Waals surface area contributed by atoms with Gasteiger partial charge in [0.05, 0.1) is 5.60 Å². The van der Waals surface area contributed by atoms with Crippen LogP contribution in [0, 0.1) is 0 Å². The van der Waals surface area contributed by atoms with Gasteiger partial charge in [-0.2, -0.15) is 0 Å². The summed E-state index contributed by atoms with van der Waals surface area (Å²) in [7, 11) is 1.86. The summed E-state index contributed by atoms with van der Waals surface area (Å²) in [6.07, 6.45) is 1.18. The fourth-order valence-corrected chi connectivity index (χ4v) is 1.95. The summed E-state index contributed by atoms with van der Waals surface area (Å²) in [5.41, 5.74) is 0.118. The van der Waals surface area contributed by atoms with Gasteiger partial charge in [0.1, 0.15) is 0 Å². The summed E-state index contributed by atoms with van der Waals surface area (Å²) in [6.45, 7) is 2.58. The second-order valence-electron chi connectivity index (χ2n) is 4.26. The Morgan fingerprint density at radius 2 is 2.06 bits per heavy atom. The minimum Gasteiger partial charge on any atom is -0.390 e. The first kappa shape index (κ1) is 13.8. The molecule has 0 amide bonds. The molecule has 1 aromatic rings. The molecule has 0 saturated heterocycles. The summed E-state index contributed by atoms with van der Waals surface area (Å²) in [5.74, 6) is 0. The van der Waals surface area contributed by atoms with E-state index in [0.29, 0.717) is 22.9 Å². The van der Waals surface area contributed by atoms with Gasteiger partial charge in [0.25, 0.3) is 0 Å². The van der Waals surface area contributed by atoms with Crippen LogP contribution in [0.15, 0.2) is 18.2 Å². The number of aliphatic hydroxyl groups is 1. The molecule has 0 fully saturated rings. The normalized spacial score (nSPS) is 14.8. The molecule has 90 valence electrons. The third-order valence-corrected chi connectivity index (χ3v) is 3.10. The van der Waals surface area contributed by atoms with Gasteiger partial charge in [-0.15, -0.1) is 0 Å². The van der Waals surface area contributed by atoms with Crippen molar-refractivity contribution in [3.05, 3.63) is 33.8 Å². The van der Waals surface area contributed by atoms with Crippen molar-refractivity contribution in [3.63, 3.8) is 0 Å². The number of benzene rings is 1. The SMILES string of the molecule is CNCCC(C)(O)Cc1cc(Cl)ccc1Cl. The van der Waals surface area contributed by atoms with Crippen molar-refractivity contribution in [2.75, 3.05) is 13.6 Å². The molecule has 0 spiro atoms. The first-order valence-electron chi connectivity index (χ1n) is 5.25. The van der Waals surface area contributed by atoms with E-state index in [2.05, 4.69) is 5.32 Å². The molecular formula is C12H17Cl2NO. The van der Waals surface area contributed by atoms with Crippen LogP contribution >= 0.6 is 23.2 Å². The first-order chi connectivity index (χ1) is 7.44. The molecule has 0 aliphatic carbocycles. The highest BCUT2D eigenvalue weighted by molar-refractivity contribution is 6.33. The summed E-state index contributed by atoms with van der Waals surface area (Å²) >= 11 is 11.9. The fraction of sp³-hybridized carbons (Fsp3) is 0.500. The second kappa shape index (κ2) is 5.87. The Morgan fingerprint density at radius 1 is 1.38 bits per heavy atom. The third-order valence-electron chi connectivity index (χ3n) is 2.49. The maximum absolute atomic E-state index is 10.2. The fourth-order valence-electron chi connectivity index (χ4n) is 1.57. The summed E-state index contributed by atoms with van der Waals surface area (Å²) in [5, 5.41) is 14.5. The number of hydrogen-bond donors (Lipinski definition) is 2. The van der Waals surface area contributed by atoms with E-state index in [4.69, 9.17) is 23.2 Å². The third kappa shape index (κ3) is 4.30. The second-order valence-corrected chi connectivity index (χ2v) is 5.11. The lowest BCUT2D eigenvalue weighted by molar-refractivity contribution is 0.0521. The van der Waals surface area contributed by atoms with Gasteiger partial charge in [0, 0.05) is 16.5 Å². The van der Waals surface area contributed by atoms with Crippen LogP contribution in [0.4, 0.5) is 0 Å². The first-order valence-corrected chi connectivity index (χ1v) is 6.01. The Bertz CT molecular complexity index is 353. The van der Waals surface area contributed by atoms with E-state index < -0.39 is 5.60 Å². The highest BCUT2D eigenvalue weighted by atomic mass is 35.5. The molecule has 2 N–H and O–H groups in total. The Morgan fingerprint density at radius 3 is 2.69 bits per heavy atom. The molecule has 16 heavy (non-hydrogen) atoms. The highest BCUT2D eigenvalue weighted by Crippen LogP contribution is 2.25. The molecule has 1 atom stereocenters. The topological polar surface area (TPSA) is 32.3 Å². The maximum Gasteiger partial charge on any atom is 0.0672 e. The average Bonchev–Trinajstić information content (AvgIpc) is 2.20. The van der Waals surface area contributed by atoms with Crippen LogP contribution in [0.2, 0.25) is 10.0 Å². The van der Waals surface area contributed by atoms with Gasteiger partial charge < -0.3 is 10.4 Å². The Balaban J connectivity index is 2.74. The van der Waals surface area contributed by atoms with Crippen molar-refractivity contribution in [2.24, 2.45) is 0 Å². The Labute approximate surface area is 107 Å². The summed E-state index contributed by atoms with van der Waals surface area (Å²) < 4.78 is 0. The van der Waals surface area contributed by atoms with Crippen LogP contribution in [0.3, 0.4) is 0 Å². The molecule has 0 aromatic heterocycles. The Kier molecular flexibility index (Phi) is 5.06. The lowest BCUT2D eigenvalue weighted by Crippen LogP contribution is -2.31. The Hall–Kier alpha value is -0.280. The zero-order valence-electron chi connectivity index (χ0n) is 9.56. The molecule has 1 rings (SSSR count). The molecular weight excluding hydrogens is 245 g/mol. The van der Waals surface area contributed by atoms with Crippen molar-refractivity contribution in [1.29, 1.82) is 0 Å². The standard InChI is InChI=1S/C12H17Cl2NO/c1-12(16,5-6-15-2)8-9-7-10(13)3-4-11(9)14/h3-4,7,15-16H,5-6,8H2,1-2H3. The molecule has 1 aromatic carbocycles. The molecule has 0 aliphatic rings. The van der Waals surface area contributed by atoms with Crippen molar-refractivity contribution in [3.8, 4) is 0 Å². The highest BCUT2D eigenvalue weighted by Gasteiger charge is 2.21. The molecule has 1 unspecified atom stereocenters. The van der Waals surface area contributed by atoms with Crippen LogP contribution in [-0.2, 0) is 6.42 Å². The van der Waals surface area contributed by atoms with Crippen LogP contribution in [0.5, 0.6) is 0 Å². The zero-order chi connectivity index (χ0) is 12.2. The van der Waals surface area contributed by atoms with Crippen LogP contribution in [0.1, 0.15) is 18.9 Å². The van der Waals surface area contributed by atoms with Crippen LogP contribution in [-0.4, -0.2) is 24.3 Å². The van der Waals surface area contributed by atoms with E-state index in [0.717, 1.165) is 12.1 Å². The molecule has 2 nitrogen and oxygen atoms in total. The average molecular weight is 262 g/mol. The van der Waals surface area contributed by atoms with E-state index >= 15 is 0 Å². The molecule has 0 radical (unpaired) electrons. The smallest absolute Gasteiger partial charge is 0.0672 e. The van der Waals surface area contributed by atoms with Gasteiger partial charge >= 0.3 is 0 Å². The molecule has 0 aliphatic heterocycles. The largest absolute Gasteiger partial charge is 0.390 e. The van der Waals surface area contributed by atoms with Crippen molar-refractivity contribution < 1.29 is 5.11 Å². The summed E-state index contributed by atoms with van der Waals surface area (Å²) in [6, 6.07) is 5.31. The minimum absolute atomic E-state index is 0.508. The molecule has 0 bridgehead atoms. The van der Waals surface area contributed by atoms with Gasteiger partial charge in [-0.1, -0.05) is 23.2 Å². The molecule has 4 heteroatoms.